The molecule has 0 unspecified atom stereocenters. The molecule has 0 N–H and O–H groups in total. The van der Waals surface area contributed by atoms with Gasteiger partial charge in [0.15, 0.2) is 0 Å². The first-order valence-electron chi connectivity index (χ1n) is 8.11. The number of unbranched alkanes of at least 4 members (excludes halogenated alkanes) is 2. The van der Waals surface area contributed by atoms with Crippen molar-refractivity contribution in [3.63, 3.8) is 0 Å². The van der Waals surface area contributed by atoms with E-state index in [0.29, 0.717) is 31.8 Å². The van der Waals surface area contributed by atoms with Gasteiger partial charge in [-0.2, -0.15) is 0 Å². The van der Waals surface area contributed by atoms with Crippen LogP contribution in [0.1, 0.15) is 52.9 Å². The lowest BCUT2D eigenvalue weighted by Gasteiger charge is -2.33. The van der Waals surface area contributed by atoms with Gasteiger partial charge in [0, 0.05) is 25.2 Å². The van der Waals surface area contributed by atoms with Crippen LogP contribution in [0, 0.1) is 0 Å². The molecule has 0 heterocycles. The molecule has 21 heavy (non-hydrogen) atoms. The van der Waals surface area contributed by atoms with Gasteiger partial charge in [0.05, 0.1) is 16.1 Å². The highest BCUT2D eigenvalue weighted by Gasteiger charge is 2.30. The Labute approximate surface area is 132 Å². The molecule has 0 fully saturated rings. The highest BCUT2D eigenvalue weighted by Crippen LogP contribution is 2.19. The molecule has 0 aromatic carbocycles. The quantitative estimate of drug-likeness (QED) is 0.172. The first-order valence-corrected chi connectivity index (χ1v) is 10.2. The standard InChI is InChI=1S/C16H32O4Si/c1-6-8-11-19-16(21-5,20-12-9-7-2)10-13-18-15(17)14(3)4/h3,6-13,21H2,1-2,4-5H3. The van der Waals surface area contributed by atoms with Crippen molar-refractivity contribution in [2.45, 2.75) is 64.8 Å². The lowest BCUT2D eigenvalue weighted by atomic mass is 10.3. The Balaban J connectivity index is 4.44. The molecule has 0 saturated carbocycles. The van der Waals surface area contributed by atoms with Crippen molar-refractivity contribution in [1.82, 2.24) is 0 Å². The van der Waals surface area contributed by atoms with E-state index in [1.54, 1.807) is 6.92 Å². The summed E-state index contributed by atoms with van der Waals surface area (Å²) in [5, 5.41) is 0. The maximum absolute atomic E-state index is 11.4. The Morgan fingerprint density at radius 3 is 2.00 bits per heavy atom. The molecule has 0 bridgehead atoms. The topological polar surface area (TPSA) is 44.8 Å². The summed E-state index contributed by atoms with van der Waals surface area (Å²) in [6.45, 7) is 13.4. The summed E-state index contributed by atoms with van der Waals surface area (Å²) < 4.78 is 17.3. The summed E-state index contributed by atoms with van der Waals surface area (Å²) in [7, 11) is -0.557. The summed E-state index contributed by atoms with van der Waals surface area (Å²) in [6, 6.07) is 0. The summed E-state index contributed by atoms with van der Waals surface area (Å²) in [5.41, 5.74) is -0.0761. The second-order valence-electron chi connectivity index (χ2n) is 5.33. The molecular formula is C16H32O4Si. The third kappa shape index (κ3) is 9.06. The molecule has 0 aromatic rings. The van der Waals surface area contributed by atoms with Gasteiger partial charge in [0.25, 0.3) is 0 Å². The average Bonchev–Trinajstić information content (AvgIpc) is 2.47. The Morgan fingerprint density at radius 1 is 1.10 bits per heavy atom. The van der Waals surface area contributed by atoms with Crippen LogP contribution in [-0.4, -0.2) is 40.7 Å². The Morgan fingerprint density at radius 2 is 1.62 bits per heavy atom. The zero-order valence-electron chi connectivity index (χ0n) is 14.2. The zero-order valence-corrected chi connectivity index (χ0v) is 15.6. The van der Waals surface area contributed by atoms with Crippen LogP contribution < -0.4 is 0 Å². The maximum Gasteiger partial charge on any atom is 0.333 e. The SMILES string of the molecule is C=C(C)C(=O)OCCC(OCCCC)(OCCCC)[SiH2]C. The fraction of sp³-hybridized carbons (Fsp3) is 0.812. The van der Waals surface area contributed by atoms with E-state index in [-0.39, 0.29) is 5.97 Å². The van der Waals surface area contributed by atoms with E-state index < -0.39 is 14.9 Å². The number of hydrogen-bond donors (Lipinski definition) is 0. The fourth-order valence-electron chi connectivity index (χ4n) is 1.79. The molecular weight excluding hydrogens is 284 g/mol. The second kappa shape index (κ2) is 11.9. The van der Waals surface area contributed by atoms with Crippen molar-refractivity contribution in [2.24, 2.45) is 0 Å². The van der Waals surface area contributed by atoms with Crippen LogP contribution in [0.3, 0.4) is 0 Å². The highest BCUT2D eigenvalue weighted by molar-refractivity contribution is 6.37. The molecule has 0 aromatic heterocycles. The highest BCUT2D eigenvalue weighted by atomic mass is 28.2. The first kappa shape index (κ1) is 20.3. The lowest BCUT2D eigenvalue weighted by Crippen LogP contribution is -2.43. The van der Waals surface area contributed by atoms with Gasteiger partial charge < -0.3 is 14.2 Å². The molecule has 0 aliphatic rings. The van der Waals surface area contributed by atoms with E-state index in [1.807, 2.05) is 0 Å². The van der Waals surface area contributed by atoms with Crippen LogP contribution in [0.5, 0.6) is 0 Å². The summed E-state index contributed by atoms with van der Waals surface area (Å²) in [6.07, 6.45) is 4.86. The van der Waals surface area contributed by atoms with Crippen molar-refractivity contribution in [3.05, 3.63) is 12.2 Å². The van der Waals surface area contributed by atoms with E-state index in [1.165, 1.54) is 0 Å². The molecule has 0 rings (SSSR count). The van der Waals surface area contributed by atoms with Gasteiger partial charge in [-0.25, -0.2) is 4.79 Å². The predicted octanol–water partition coefficient (Wildman–Crippen LogP) is 3.00. The van der Waals surface area contributed by atoms with Crippen LogP contribution in [0.4, 0.5) is 0 Å². The van der Waals surface area contributed by atoms with Gasteiger partial charge >= 0.3 is 5.97 Å². The molecule has 0 radical (unpaired) electrons. The summed E-state index contributed by atoms with van der Waals surface area (Å²) >= 11 is 0. The number of esters is 1. The third-order valence-corrected chi connectivity index (χ3v) is 5.17. The molecule has 0 amide bonds. The maximum atomic E-state index is 11.4. The van der Waals surface area contributed by atoms with Crippen molar-refractivity contribution in [3.8, 4) is 0 Å². The van der Waals surface area contributed by atoms with Gasteiger partial charge in [-0.05, 0) is 19.8 Å². The fourth-order valence-corrected chi connectivity index (χ4v) is 2.99. The monoisotopic (exact) mass is 316 g/mol. The Hall–Kier alpha value is -0.653. The lowest BCUT2D eigenvalue weighted by molar-refractivity contribution is -0.192. The van der Waals surface area contributed by atoms with Crippen molar-refractivity contribution in [2.75, 3.05) is 19.8 Å². The molecule has 0 aliphatic carbocycles. The van der Waals surface area contributed by atoms with E-state index in [9.17, 15) is 4.79 Å². The van der Waals surface area contributed by atoms with Gasteiger partial charge in [-0.1, -0.05) is 39.8 Å². The predicted molar refractivity (Wildman–Crippen MR) is 89.2 cm³/mol. The van der Waals surface area contributed by atoms with Crippen molar-refractivity contribution < 1.29 is 19.0 Å². The van der Waals surface area contributed by atoms with Crippen LogP contribution in [0.15, 0.2) is 12.2 Å². The number of carbonyl (C=O) groups is 1. The normalized spacial score (nSPS) is 12.0. The molecule has 0 saturated heterocycles. The van der Waals surface area contributed by atoms with E-state index in [4.69, 9.17) is 14.2 Å². The van der Waals surface area contributed by atoms with Crippen LogP contribution in [0.25, 0.3) is 0 Å². The summed E-state index contributed by atoms with van der Waals surface area (Å²) in [4.78, 5) is 11.4. The number of carbonyl (C=O) groups excluding carboxylic acids is 1. The number of ether oxygens (including phenoxy) is 3. The molecule has 4 nitrogen and oxygen atoms in total. The second-order valence-corrected chi connectivity index (χ2v) is 7.12. The minimum atomic E-state index is -0.557. The average molecular weight is 317 g/mol. The number of rotatable bonds is 13. The third-order valence-electron chi connectivity index (χ3n) is 3.33. The zero-order chi connectivity index (χ0) is 16.1. The van der Waals surface area contributed by atoms with Gasteiger partial charge in [-0.15, -0.1) is 0 Å². The van der Waals surface area contributed by atoms with Crippen molar-refractivity contribution in [1.29, 1.82) is 0 Å². The van der Waals surface area contributed by atoms with Crippen LogP contribution >= 0.6 is 0 Å². The Bertz CT molecular complexity index is 295. The molecule has 0 spiro atoms. The Kier molecular flexibility index (Phi) is 11.6. The molecule has 0 aliphatic heterocycles. The van der Waals surface area contributed by atoms with Crippen LogP contribution in [0.2, 0.25) is 6.55 Å². The first-order chi connectivity index (χ1) is 10.0. The molecule has 0 atom stereocenters. The number of hydrogen-bond acceptors (Lipinski definition) is 4. The molecule has 5 heteroatoms. The van der Waals surface area contributed by atoms with Crippen LogP contribution in [-0.2, 0) is 19.0 Å². The minimum Gasteiger partial charge on any atom is -0.462 e. The smallest absolute Gasteiger partial charge is 0.333 e. The minimum absolute atomic E-state index is 0.324. The van der Waals surface area contributed by atoms with E-state index in [0.717, 1.165) is 25.7 Å². The summed E-state index contributed by atoms with van der Waals surface area (Å²) in [5.74, 6) is -0.344. The molecule has 124 valence electrons. The van der Waals surface area contributed by atoms with E-state index in [2.05, 4.69) is 27.0 Å². The van der Waals surface area contributed by atoms with Gasteiger partial charge in [0.1, 0.15) is 5.41 Å². The van der Waals surface area contributed by atoms with Crippen molar-refractivity contribution >= 4 is 15.5 Å². The van der Waals surface area contributed by atoms with Gasteiger partial charge in [-0.3, -0.25) is 0 Å². The largest absolute Gasteiger partial charge is 0.462 e. The van der Waals surface area contributed by atoms with E-state index >= 15 is 0 Å². The van der Waals surface area contributed by atoms with Gasteiger partial charge in [0.2, 0.25) is 0 Å².